The Morgan fingerprint density at radius 1 is 0.941 bits per heavy atom. The summed E-state index contributed by atoms with van der Waals surface area (Å²) >= 11 is 0. The van der Waals surface area contributed by atoms with Gasteiger partial charge in [-0.15, -0.1) is 0 Å². The molecule has 4 rings (SSSR count). The van der Waals surface area contributed by atoms with Gasteiger partial charge in [0.15, 0.2) is 0 Å². The van der Waals surface area contributed by atoms with Crippen LogP contribution in [-0.4, -0.2) is 47.3 Å². The van der Waals surface area contributed by atoms with E-state index in [2.05, 4.69) is 10.3 Å². The normalized spacial score (nSPS) is 12.4. The molecule has 2 aromatic carbocycles. The third kappa shape index (κ3) is 4.49. The topological polar surface area (TPSA) is 115 Å². The van der Waals surface area contributed by atoms with Gasteiger partial charge in [-0.25, -0.2) is 9.78 Å². The van der Waals surface area contributed by atoms with Gasteiger partial charge in [0.05, 0.1) is 37.0 Å². The smallest absolute Gasteiger partial charge is 0.338 e. The number of carbonyl (C=O) groups is 4. The predicted octanol–water partition coefficient (Wildman–Crippen LogP) is 3.32. The minimum Gasteiger partial charge on any atom is -0.497 e. The summed E-state index contributed by atoms with van der Waals surface area (Å²) < 4.78 is 10.1. The Labute approximate surface area is 195 Å². The highest BCUT2D eigenvalue weighted by Crippen LogP contribution is 2.26. The maximum atomic E-state index is 12.9. The summed E-state index contributed by atoms with van der Waals surface area (Å²) in [4.78, 5) is 55.6. The SMILES string of the molecule is CCOC(=O)c1ccnc(NC(=O)c2ccc3c(c2)C(=O)N(Cc2ccc(OC)cc2)C3=O)c1. The van der Waals surface area contributed by atoms with Gasteiger partial charge < -0.3 is 14.8 Å². The number of amides is 3. The maximum Gasteiger partial charge on any atom is 0.338 e. The molecule has 1 aliphatic heterocycles. The van der Waals surface area contributed by atoms with Crippen molar-refractivity contribution in [1.29, 1.82) is 0 Å². The van der Waals surface area contributed by atoms with Crippen LogP contribution in [0.3, 0.4) is 0 Å². The summed E-state index contributed by atoms with van der Waals surface area (Å²) in [6.45, 7) is 2.02. The number of ether oxygens (including phenoxy) is 2. The van der Waals surface area contributed by atoms with Crippen molar-refractivity contribution >= 4 is 29.5 Å². The van der Waals surface area contributed by atoms with E-state index in [1.807, 2.05) is 0 Å². The van der Waals surface area contributed by atoms with E-state index in [4.69, 9.17) is 9.47 Å². The lowest BCUT2D eigenvalue weighted by molar-refractivity contribution is 0.0525. The van der Waals surface area contributed by atoms with Crippen molar-refractivity contribution in [2.75, 3.05) is 19.0 Å². The lowest BCUT2D eigenvalue weighted by Gasteiger charge is -2.14. The Bertz CT molecular complexity index is 1290. The van der Waals surface area contributed by atoms with Crippen molar-refractivity contribution in [2.24, 2.45) is 0 Å². The van der Waals surface area contributed by atoms with E-state index >= 15 is 0 Å². The van der Waals surface area contributed by atoms with Crippen LogP contribution in [0.25, 0.3) is 0 Å². The number of nitrogens with one attached hydrogen (secondary N) is 1. The summed E-state index contributed by atoms with van der Waals surface area (Å²) in [5, 5.41) is 2.60. The minimum absolute atomic E-state index is 0.0996. The van der Waals surface area contributed by atoms with Gasteiger partial charge in [-0.1, -0.05) is 12.1 Å². The monoisotopic (exact) mass is 459 g/mol. The molecule has 0 atom stereocenters. The highest BCUT2D eigenvalue weighted by Gasteiger charge is 2.36. The fourth-order valence-corrected chi connectivity index (χ4v) is 3.52. The largest absolute Gasteiger partial charge is 0.497 e. The highest BCUT2D eigenvalue weighted by atomic mass is 16.5. The maximum absolute atomic E-state index is 12.9. The van der Waals surface area contributed by atoms with Gasteiger partial charge in [-0.05, 0) is 55.0 Å². The predicted molar refractivity (Wildman–Crippen MR) is 122 cm³/mol. The zero-order valence-electron chi connectivity index (χ0n) is 18.5. The highest BCUT2D eigenvalue weighted by molar-refractivity contribution is 6.22. The minimum atomic E-state index is -0.537. The van der Waals surface area contributed by atoms with Crippen molar-refractivity contribution in [2.45, 2.75) is 13.5 Å². The molecule has 2 heterocycles. The number of nitrogens with zero attached hydrogens (tertiary/aromatic N) is 2. The van der Waals surface area contributed by atoms with Crippen LogP contribution < -0.4 is 10.1 Å². The lowest BCUT2D eigenvalue weighted by atomic mass is 10.1. The molecule has 0 fully saturated rings. The molecule has 0 spiro atoms. The number of esters is 1. The zero-order valence-corrected chi connectivity index (χ0v) is 18.5. The zero-order chi connectivity index (χ0) is 24.2. The van der Waals surface area contributed by atoms with Crippen LogP contribution in [0.15, 0.2) is 60.8 Å². The quantitative estimate of drug-likeness (QED) is 0.426. The van der Waals surface area contributed by atoms with E-state index < -0.39 is 23.7 Å². The second-order valence-corrected chi connectivity index (χ2v) is 7.41. The molecular weight excluding hydrogens is 438 g/mol. The van der Waals surface area contributed by atoms with E-state index in [0.717, 1.165) is 10.5 Å². The lowest BCUT2D eigenvalue weighted by Crippen LogP contribution is -2.29. The molecule has 0 aliphatic carbocycles. The van der Waals surface area contributed by atoms with Crippen LogP contribution in [0.1, 0.15) is 53.9 Å². The standard InChI is InChI=1S/C25H21N3O6/c1-3-34-25(32)17-10-11-26-21(13-17)27-22(29)16-6-9-19-20(12-16)24(31)28(23(19)30)14-15-4-7-18(33-2)8-5-15/h4-13H,3,14H2,1-2H3,(H,26,27,29). The number of anilines is 1. The number of aromatic nitrogens is 1. The molecule has 1 N–H and O–H groups in total. The Morgan fingerprint density at radius 3 is 2.38 bits per heavy atom. The fourth-order valence-electron chi connectivity index (χ4n) is 3.52. The first kappa shape index (κ1) is 22.7. The number of methoxy groups -OCH3 is 1. The van der Waals surface area contributed by atoms with Crippen molar-refractivity contribution in [3.8, 4) is 5.75 Å². The summed E-state index contributed by atoms with van der Waals surface area (Å²) in [5.41, 5.74) is 1.57. The molecule has 1 aromatic heterocycles. The summed E-state index contributed by atoms with van der Waals surface area (Å²) in [5.74, 6) is -1.15. The molecule has 172 valence electrons. The second-order valence-electron chi connectivity index (χ2n) is 7.41. The first-order chi connectivity index (χ1) is 16.4. The van der Waals surface area contributed by atoms with Crippen molar-refractivity contribution in [3.05, 3.63) is 88.6 Å². The number of imide groups is 1. The summed E-state index contributed by atoms with van der Waals surface area (Å²) in [7, 11) is 1.56. The second kappa shape index (κ2) is 9.53. The van der Waals surface area contributed by atoms with E-state index in [0.29, 0.717) is 5.75 Å². The fraction of sp³-hybridized carbons (Fsp3) is 0.160. The number of benzene rings is 2. The third-order valence-electron chi connectivity index (χ3n) is 5.25. The molecule has 0 radical (unpaired) electrons. The molecule has 9 nitrogen and oxygen atoms in total. The molecule has 9 heteroatoms. The first-order valence-electron chi connectivity index (χ1n) is 10.5. The molecule has 0 saturated carbocycles. The third-order valence-corrected chi connectivity index (χ3v) is 5.25. The van der Waals surface area contributed by atoms with Crippen molar-refractivity contribution in [3.63, 3.8) is 0 Å². The van der Waals surface area contributed by atoms with Gasteiger partial charge in [0.1, 0.15) is 11.6 Å². The van der Waals surface area contributed by atoms with E-state index in [-0.39, 0.29) is 41.2 Å². The first-order valence-corrected chi connectivity index (χ1v) is 10.5. The van der Waals surface area contributed by atoms with Crippen LogP contribution >= 0.6 is 0 Å². The van der Waals surface area contributed by atoms with Crippen LogP contribution in [0, 0.1) is 0 Å². The van der Waals surface area contributed by atoms with Gasteiger partial charge in [0.2, 0.25) is 0 Å². The Hall–Kier alpha value is -4.53. The number of hydrogen-bond acceptors (Lipinski definition) is 7. The molecule has 3 aromatic rings. The number of hydrogen-bond donors (Lipinski definition) is 1. The number of fused-ring (bicyclic) bond motifs is 1. The van der Waals surface area contributed by atoms with Crippen molar-refractivity contribution in [1.82, 2.24) is 9.88 Å². The average Bonchev–Trinajstić information content (AvgIpc) is 3.09. The number of carbonyl (C=O) groups excluding carboxylic acids is 4. The Morgan fingerprint density at radius 2 is 1.68 bits per heavy atom. The van der Waals surface area contributed by atoms with Gasteiger partial charge in [0.25, 0.3) is 17.7 Å². The van der Waals surface area contributed by atoms with E-state index in [9.17, 15) is 19.2 Å². The van der Waals surface area contributed by atoms with Crippen molar-refractivity contribution < 1.29 is 28.7 Å². The van der Waals surface area contributed by atoms with Gasteiger partial charge >= 0.3 is 5.97 Å². The number of pyridine rings is 1. The van der Waals surface area contributed by atoms with E-state index in [1.54, 1.807) is 38.3 Å². The van der Waals surface area contributed by atoms with E-state index in [1.165, 1.54) is 36.5 Å². The summed E-state index contributed by atoms with van der Waals surface area (Å²) in [6, 6.07) is 14.2. The Balaban J connectivity index is 1.51. The molecule has 0 saturated heterocycles. The molecule has 0 bridgehead atoms. The molecule has 0 unspecified atom stereocenters. The van der Waals surface area contributed by atoms with Crippen LogP contribution in [0.4, 0.5) is 5.82 Å². The average molecular weight is 459 g/mol. The van der Waals surface area contributed by atoms with Gasteiger partial charge in [0, 0.05) is 11.8 Å². The molecule has 34 heavy (non-hydrogen) atoms. The molecule has 1 aliphatic rings. The Kier molecular flexibility index (Phi) is 6.35. The van der Waals surface area contributed by atoms with Crippen LogP contribution in [0.5, 0.6) is 5.75 Å². The van der Waals surface area contributed by atoms with Crippen LogP contribution in [0.2, 0.25) is 0 Å². The van der Waals surface area contributed by atoms with Crippen LogP contribution in [-0.2, 0) is 11.3 Å². The molecular formula is C25H21N3O6. The molecule has 3 amide bonds. The number of rotatable bonds is 7. The van der Waals surface area contributed by atoms with Gasteiger partial charge in [-0.3, -0.25) is 19.3 Å². The summed E-state index contributed by atoms with van der Waals surface area (Å²) in [6.07, 6.45) is 1.38. The van der Waals surface area contributed by atoms with Gasteiger partial charge in [-0.2, -0.15) is 0 Å².